The number of ether oxygens (including phenoxy) is 1. The molecule has 5 rings (SSSR count). The second-order valence-electron chi connectivity index (χ2n) is 6.14. The molecule has 1 N–H and O–H groups in total. The van der Waals surface area contributed by atoms with Crippen molar-refractivity contribution in [3.63, 3.8) is 0 Å². The summed E-state index contributed by atoms with van der Waals surface area (Å²) in [6.45, 7) is 0. The van der Waals surface area contributed by atoms with Gasteiger partial charge in [0.2, 0.25) is 0 Å². The van der Waals surface area contributed by atoms with Crippen molar-refractivity contribution >= 4 is 38.6 Å². The lowest BCUT2D eigenvalue weighted by atomic mass is 10.2. The van der Waals surface area contributed by atoms with Gasteiger partial charge in [0, 0.05) is 16.5 Å². The summed E-state index contributed by atoms with van der Waals surface area (Å²) in [4.78, 5) is 5.65. The first kappa shape index (κ1) is 15.8. The molecule has 3 aromatic heterocycles. The van der Waals surface area contributed by atoms with E-state index in [1.54, 1.807) is 18.4 Å². The van der Waals surface area contributed by atoms with Crippen molar-refractivity contribution in [3.8, 4) is 16.3 Å². The van der Waals surface area contributed by atoms with Gasteiger partial charge in [-0.25, -0.2) is 9.50 Å². The van der Waals surface area contributed by atoms with Gasteiger partial charge in [0.25, 0.3) is 0 Å². The molecule has 0 saturated heterocycles. The van der Waals surface area contributed by atoms with Gasteiger partial charge < -0.3 is 10.1 Å². The summed E-state index contributed by atoms with van der Waals surface area (Å²) in [6, 6.07) is 22.2. The fourth-order valence-electron chi connectivity index (χ4n) is 3.06. The first-order chi connectivity index (χ1) is 13.3. The second kappa shape index (κ2) is 6.41. The van der Waals surface area contributed by atoms with E-state index in [1.807, 2.05) is 47.1 Å². The number of hydrogen-bond donors (Lipinski definition) is 1. The Bertz CT molecular complexity index is 1220. The quantitative estimate of drug-likeness (QED) is 0.461. The van der Waals surface area contributed by atoms with Gasteiger partial charge in [-0.1, -0.05) is 24.3 Å². The molecule has 0 aliphatic heterocycles. The largest absolute Gasteiger partial charge is 0.497 e. The summed E-state index contributed by atoms with van der Waals surface area (Å²) in [6.07, 6.45) is 1.88. The zero-order valence-corrected chi connectivity index (χ0v) is 15.4. The molecule has 0 aliphatic rings. The fourth-order valence-corrected chi connectivity index (χ4v) is 4.12. The summed E-state index contributed by atoms with van der Waals surface area (Å²) in [5.41, 5.74) is 2.73. The number of rotatable bonds is 4. The van der Waals surface area contributed by atoms with Gasteiger partial charge in [-0.3, -0.25) is 0 Å². The highest BCUT2D eigenvalue weighted by molar-refractivity contribution is 7.22. The van der Waals surface area contributed by atoms with E-state index in [4.69, 9.17) is 9.84 Å². The van der Waals surface area contributed by atoms with E-state index in [-0.39, 0.29) is 0 Å². The third kappa shape index (κ3) is 2.90. The summed E-state index contributed by atoms with van der Waals surface area (Å²) in [5.74, 6) is 1.55. The number of nitrogens with zero attached hydrogens (tertiary/aromatic N) is 3. The van der Waals surface area contributed by atoms with E-state index in [1.165, 1.54) is 10.1 Å². The van der Waals surface area contributed by atoms with E-state index in [9.17, 15) is 0 Å². The number of imidazole rings is 1. The highest BCUT2D eigenvalue weighted by Gasteiger charge is 2.11. The Labute approximate surface area is 159 Å². The van der Waals surface area contributed by atoms with Crippen LogP contribution in [0.25, 0.3) is 26.3 Å². The van der Waals surface area contributed by atoms with Crippen LogP contribution < -0.4 is 10.1 Å². The minimum Gasteiger partial charge on any atom is -0.497 e. The number of hydrogen-bond acceptors (Lipinski definition) is 5. The van der Waals surface area contributed by atoms with Gasteiger partial charge in [-0.05, 0) is 41.8 Å². The van der Waals surface area contributed by atoms with Crippen LogP contribution in [0.1, 0.15) is 0 Å². The molecule has 0 atom stereocenters. The predicted molar refractivity (Wildman–Crippen MR) is 110 cm³/mol. The van der Waals surface area contributed by atoms with Crippen LogP contribution in [0.4, 0.5) is 11.5 Å². The van der Waals surface area contributed by atoms with Crippen molar-refractivity contribution in [1.29, 1.82) is 0 Å². The Hall–Kier alpha value is -3.38. The Kier molecular flexibility index (Phi) is 3.76. The van der Waals surface area contributed by atoms with Crippen molar-refractivity contribution in [2.45, 2.75) is 0 Å². The molecule has 0 fully saturated rings. The topological polar surface area (TPSA) is 51.5 Å². The molecular weight excluding hydrogens is 356 g/mol. The van der Waals surface area contributed by atoms with Crippen LogP contribution in [-0.2, 0) is 0 Å². The third-order valence-corrected chi connectivity index (χ3v) is 5.52. The van der Waals surface area contributed by atoms with Crippen molar-refractivity contribution in [1.82, 2.24) is 14.6 Å². The molecule has 5 nitrogen and oxygen atoms in total. The first-order valence-corrected chi connectivity index (χ1v) is 9.37. The number of aromatic nitrogens is 3. The molecule has 5 aromatic rings. The zero-order chi connectivity index (χ0) is 18.2. The van der Waals surface area contributed by atoms with E-state index >= 15 is 0 Å². The maximum atomic E-state index is 5.28. The minimum absolute atomic E-state index is 0.746. The maximum Gasteiger partial charge on any atom is 0.154 e. The lowest BCUT2D eigenvalue weighted by Crippen LogP contribution is -2.00. The van der Waals surface area contributed by atoms with Crippen LogP contribution >= 0.6 is 11.3 Å². The van der Waals surface area contributed by atoms with Crippen LogP contribution in [0.3, 0.4) is 0 Å². The van der Waals surface area contributed by atoms with E-state index in [2.05, 4.69) is 40.6 Å². The summed E-state index contributed by atoms with van der Waals surface area (Å²) < 4.78 is 8.42. The van der Waals surface area contributed by atoms with Crippen molar-refractivity contribution in [2.24, 2.45) is 0 Å². The van der Waals surface area contributed by atoms with Gasteiger partial charge >= 0.3 is 0 Å². The SMILES string of the molecule is COc1cccc(Nc2ccc3ncc(-c4cc5ccccc5s4)n3n2)c1. The highest BCUT2D eigenvalue weighted by atomic mass is 32.1. The lowest BCUT2D eigenvalue weighted by Gasteiger charge is -2.08. The van der Waals surface area contributed by atoms with Gasteiger partial charge in [0.15, 0.2) is 11.5 Å². The molecular formula is C21H16N4OS. The van der Waals surface area contributed by atoms with Gasteiger partial charge in [-0.15, -0.1) is 16.4 Å². The van der Waals surface area contributed by atoms with E-state index < -0.39 is 0 Å². The van der Waals surface area contributed by atoms with Crippen LogP contribution in [0.5, 0.6) is 5.75 Å². The molecule has 0 aliphatic carbocycles. The Morgan fingerprint density at radius 1 is 1.00 bits per heavy atom. The highest BCUT2D eigenvalue weighted by Crippen LogP contribution is 2.33. The van der Waals surface area contributed by atoms with Gasteiger partial charge in [0.05, 0.1) is 18.2 Å². The van der Waals surface area contributed by atoms with Crippen LogP contribution in [0, 0.1) is 0 Å². The zero-order valence-electron chi connectivity index (χ0n) is 14.6. The smallest absolute Gasteiger partial charge is 0.154 e. The molecule has 132 valence electrons. The number of methoxy groups -OCH3 is 1. The number of benzene rings is 2. The van der Waals surface area contributed by atoms with E-state index in [0.29, 0.717) is 0 Å². The predicted octanol–water partition coefficient (Wildman–Crippen LogP) is 5.36. The summed E-state index contributed by atoms with van der Waals surface area (Å²) in [5, 5.41) is 9.31. The number of anilines is 2. The molecule has 0 saturated carbocycles. The molecule has 6 heteroatoms. The Morgan fingerprint density at radius 3 is 2.81 bits per heavy atom. The standard InChI is InChI=1S/C21H16N4OS/c1-26-16-7-4-6-15(12-16)23-20-9-10-21-22-13-17(25(21)24-20)19-11-14-5-2-3-8-18(14)27-19/h2-13H,1H3,(H,23,24). The van der Waals surface area contributed by atoms with Crippen molar-refractivity contribution in [2.75, 3.05) is 12.4 Å². The first-order valence-electron chi connectivity index (χ1n) is 8.55. The molecule has 27 heavy (non-hydrogen) atoms. The number of thiophene rings is 1. The molecule has 2 aromatic carbocycles. The molecule has 0 radical (unpaired) electrons. The number of nitrogens with one attached hydrogen (secondary N) is 1. The number of fused-ring (bicyclic) bond motifs is 2. The van der Waals surface area contributed by atoms with Crippen LogP contribution in [0.2, 0.25) is 0 Å². The maximum absolute atomic E-state index is 5.28. The monoisotopic (exact) mass is 372 g/mol. The normalized spacial score (nSPS) is 11.1. The van der Waals surface area contributed by atoms with Crippen molar-refractivity contribution in [3.05, 3.63) is 72.9 Å². The summed E-state index contributed by atoms with van der Waals surface area (Å²) in [7, 11) is 1.66. The molecule has 0 unspecified atom stereocenters. The molecule has 0 amide bonds. The average Bonchev–Trinajstić information content (AvgIpc) is 3.31. The fraction of sp³-hybridized carbons (Fsp3) is 0.0476. The molecule has 3 heterocycles. The summed E-state index contributed by atoms with van der Waals surface area (Å²) >= 11 is 1.75. The van der Waals surface area contributed by atoms with Crippen LogP contribution in [-0.4, -0.2) is 21.7 Å². The minimum atomic E-state index is 0.746. The van der Waals surface area contributed by atoms with Gasteiger partial charge in [0.1, 0.15) is 11.4 Å². The molecule has 0 spiro atoms. The van der Waals surface area contributed by atoms with Gasteiger partial charge in [-0.2, -0.15) is 0 Å². The Morgan fingerprint density at radius 2 is 1.93 bits per heavy atom. The Balaban J connectivity index is 1.55. The third-order valence-electron chi connectivity index (χ3n) is 4.38. The average molecular weight is 372 g/mol. The second-order valence-corrected chi connectivity index (χ2v) is 7.22. The molecule has 0 bridgehead atoms. The van der Waals surface area contributed by atoms with Crippen molar-refractivity contribution < 1.29 is 4.74 Å². The van der Waals surface area contributed by atoms with Crippen LogP contribution in [0.15, 0.2) is 72.9 Å². The lowest BCUT2D eigenvalue weighted by molar-refractivity contribution is 0.415. The van der Waals surface area contributed by atoms with E-state index in [0.717, 1.165) is 33.5 Å².